The summed E-state index contributed by atoms with van der Waals surface area (Å²) in [7, 11) is 0. The van der Waals surface area contributed by atoms with Gasteiger partial charge in [0.2, 0.25) is 0 Å². The molecule has 0 spiro atoms. The van der Waals surface area contributed by atoms with E-state index in [2.05, 4.69) is 57.3 Å². The smallest absolute Gasteiger partial charge is 0.120 e. The maximum Gasteiger partial charge on any atom is 0.120 e. The molecule has 1 aliphatic heterocycles. The summed E-state index contributed by atoms with van der Waals surface area (Å²) in [4.78, 5) is 0. The molecule has 1 unspecified atom stereocenters. The molecular formula is C16H25NO. The molecule has 1 atom stereocenters. The molecule has 18 heavy (non-hydrogen) atoms. The highest BCUT2D eigenvalue weighted by atomic mass is 16.5. The number of hydrogen-bond donors (Lipinski definition) is 1. The minimum absolute atomic E-state index is 0.0541. The van der Waals surface area contributed by atoms with Crippen molar-refractivity contribution in [2.45, 2.75) is 51.6 Å². The Bertz CT molecular complexity index is 383. The fraction of sp³-hybridized carbons (Fsp3) is 0.625. The first kappa shape index (κ1) is 13.4. The number of ether oxygens (including phenoxy) is 1. The minimum atomic E-state index is -0.0541. The first-order valence-electron chi connectivity index (χ1n) is 6.89. The number of rotatable bonds is 2. The van der Waals surface area contributed by atoms with E-state index in [0.29, 0.717) is 0 Å². The van der Waals surface area contributed by atoms with Crippen LogP contribution in [0.1, 0.15) is 46.1 Å². The summed E-state index contributed by atoms with van der Waals surface area (Å²) in [5.74, 6) is 0.981. The summed E-state index contributed by atoms with van der Waals surface area (Å²) in [6, 6.07) is 8.55. The van der Waals surface area contributed by atoms with Crippen LogP contribution >= 0.6 is 0 Å². The van der Waals surface area contributed by atoms with E-state index in [-0.39, 0.29) is 11.0 Å². The third-order valence-corrected chi connectivity index (χ3v) is 3.64. The van der Waals surface area contributed by atoms with Crippen LogP contribution in [0.3, 0.4) is 0 Å². The van der Waals surface area contributed by atoms with E-state index in [9.17, 15) is 0 Å². The number of benzene rings is 1. The van der Waals surface area contributed by atoms with Crippen LogP contribution in [-0.4, -0.2) is 18.7 Å². The van der Waals surface area contributed by atoms with Gasteiger partial charge in [-0.3, -0.25) is 0 Å². The molecule has 1 heterocycles. The van der Waals surface area contributed by atoms with E-state index < -0.39 is 0 Å². The van der Waals surface area contributed by atoms with E-state index >= 15 is 0 Å². The summed E-state index contributed by atoms with van der Waals surface area (Å²) in [5, 5.41) is 3.41. The van der Waals surface area contributed by atoms with E-state index in [0.717, 1.165) is 25.3 Å². The molecule has 2 rings (SSSR count). The molecule has 1 saturated heterocycles. The molecule has 0 saturated carbocycles. The molecule has 0 aromatic heterocycles. The van der Waals surface area contributed by atoms with Gasteiger partial charge in [-0.25, -0.2) is 0 Å². The highest BCUT2D eigenvalue weighted by Gasteiger charge is 2.28. The molecule has 1 aliphatic rings. The monoisotopic (exact) mass is 247 g/mol. The van der Waals surface area contributed by atoms with Gasteiger partial charge in [-0.1, -0.05) is 32.9 Å². The van der Waals surface area contributed by atoms with Gasteiger partial charge < -0.3 is 10.1 Å². The van der Waals surface area contributed by atoms with E-state index in [4.69, 9.17) is 4.74 Å². The second-order valence-corrected chi connectivity index (χ2v) is 6.61. The van der Waals surface area contributed by atoms with Gasteiger partial charge in [-0.05, 0) is 49.4 Å². The zero-order valence-corrected chi connectivity index (χ0v) is 12.0. The first-order chi connectivity index (χ1) is 8.39. The van der Waals surface area contributed by atoms with Crippen molar-refractivity contribution in [2.75, 3.05) is 13.1 Å². The van der Waals surface area contributed by atoms with Crippen molar-refractivity contribution in [3.8, 4) is 5.75 Å². The molecule has 2 heteroatoms. The quantitative estimate of drug-likeness (QED) is 0.863. The molecule has 0 bridgehead atoms. The first-order valence-corrected chi connectivity index (χ1v) is 6.89. The Morgan fingerprint density at radius 1 is 1.17 bits per heavy atom. The van der Waals surface area contributed by atoms with Gasteiger partial charge in [0.05, 0.1) is 0 Å². The molecule has 0 radical (unpaired) electrons. The third kappa shape index (κ3) is 3.26. The molecule has 1 N–H and O–H groups in total. The average molecular weight is 247 g/mol. The van der Waals surface area contributed by atoms with E-state index in [1.54, 1.807) is 0 Å². The molecule has 1 fully saturated rings. The normalized spacial score (nSPS) is 24.9. The van der Waals surface area contributed by atoms with E-state index in [1.165, 1.54) is 12.0 Å². The lowest BCUT2D eigenvalue weighted by molar-refractivity contribution is 0.0614. The molecule has 100 valence electrons. The topological polar surface area (TPSA) is 21.3 Å². The van der Waals surface area contributed by atoms with Gasteiger partial charge in [0, 0.05) is 6.54 Å². The predicted octanol–water partition coefficient (Wildman–Crippen LogP) is 3.51. The fourth-order valence-corrected chi connectivity index (χ4v) is 2.42. The Morgan fingerprint density at radius 3 is 2.33 bits per heavy atom. The van der Waals surface area contributed by atoms with Crippen LogP contribution in [0.2, 0.25) is 0 Å². The molecule has 0 amide bonds. The maximum atomic E-state index is 6.15. The van der Waals surface area contributed by atoms with Gasteiger partial charge >= 0.3 is 0 Å². The highest BCUT2D eigenvalue weighted by Crippen LogP contribution is 2.28. The van der Waals surface area contributed by atoms with Crippen LogP contribution in [0, 0.1) is 0 Å². The SMILES string of the molecule is CC1(Oc2ccc(C(C)(C)C)cc2)CCCNC1. The highest BCUT2D eigenvalue weighted by molar-refractivity contribution is 5.31. The molecule has 2 nitrogen and oxygen atoms in total. The Morgan fingerprint density at radius 2 is 1.83 bits per heavy atom. The van der Waals surface area contributed by atoms with Gasteiger partial charge in [-0.15, -0.1) is 0 Å². The Hall–Kier alpha value is -1.02. The zero-order chi connectivity index (χ0) is 13.2. The molecule has 1 aromatic rings. The van der Waals surface area contributed by atoms with Crippen LogP contribution in [0.5, 0.6) is 5.75 Å². The van der Waals surface area contributed by atoms with Gasteiger partial charge in [0.1, 0.15) is 11.4 Å². The standard InChI is InChI=1S/C16H25NO/c1-15(2,3)13-6-8-14(9-7-13)18-16(4)10-5-11-17-12-16/h6-9,17H,5,10-12H2,1-4H3. The summed E-state index contributed by atoms with van der Waals surface area (Å²) in [6.07, 6.45) is 2.32. The van der Waals surface area contributed by atoms with Crippen molar-refractivity contribution < 1.29 is 4.74 Å². The van der Waals surface area contributed by atoms with Crippen LogP contribution in [0.25, 0.3) is 0 Å². The number of hydrogen-bond acceptors (Lipinski definition) is 2. The lowest BCUT2D eigenvalue weighted by Gasteiger charge is -2.35. The van der Waals surface area contributed by atoms with Crippen molar-refractivity contribution in [1.29, 1.82) is 0 Å². The Labute approximate surface area is 111 Å². The van der Waals surface area contributed by atoms with Crippen LogP contribution in [0.4, 0.5) is 0 Å². The van der Waals surface area contributed by atoms with Crippen molar-refractivity contribution in [1.82, 2.24) is 5.32 Å². The molecular weight excluding hydrogens is 222 g/mol. The van der Waals surface area contributed by atoms with Crippen LogP contribution in [-0.2, 0) is 5.41 Å². The average Bonchev–Trinajstić information content (AvgIpc) is 2.29. The Kier molecular flexibility index (Phi) is 3.67. The summed E-state index contributed by atoms with van der Waals surface area (Å²) in [5.41, 5.74) is 1.50. The summed E-state index contributed by atoms with van der Waals surface area (Å²) < 4.78 is 6.15. The fourth-order valence-electron chi connectivity index (χ4n) is 2.42. The molecule has 1 aromatic carbocycles. The number of nitrogens with one attached hydrogen (secondary N) is 1. The molecule has 0 aliphatic carbocycles. The Balaban J connectivity index is 2.06. The largest absolute Gasteiger partial charge is 0.486 e. The lowest BCUT2D eigenvalue weighted by atomic mass is 9.87. The van der Waals surface area contributed by atoms with Crippen molar-refractivity contribution in [3.05, 3.63) is 29.8 Å². The van der Waals surface area contributed by atoms with Crippen LogP contribution in [0.15, 0.2) is 24.3 Å². The lowest BCUT2D eigenvalue weighted by Crippen LogP contribution is -2.47. The minimum Gasteiger partial charge on any atom is -0.486 e. The van der Waals surface area contributed by atoms with Gasteiger partial charge in [0.15, 0.2) is 0 Å². The van der Waals surface area contributed by atoms with E-state index in [1.807, 2.05) is 0 Å². The van der Waals surface area contributed by atoms with Gasteiger partial charge in [0.25, 0.3) is 0 Å². The third-order valence-electron chi connectivity index (χ3n) is 3.64. The predicted molar refractivity (Wildman–Crippen MR) is 76.3 cm³/mol. The maximum absolute atomic E-state index is 6.15. The van der Waals surface area contributed by atoms with Crippen molar-refractivity contribution in [3.63, 3.8) is 0 Å². The number of piperidine rings is 1. The second kappa shape index (κ2) is 4.93. The second-order valence-electron chi connectivity index (χ2n) is 6.61. The summed E-state index contributed by atoms with van der Waals surface area (Å²) in [6.45, 7) is 10.9. The van der Waals surface area contributed by atoms with Crippen molar-refractivity contribution >= 4 is 0 Å². The summed E-state index contributed by atoms with van der Waals surface area (Å²) >= 11 is 0. The van der Waals surface area contributed by atoms with Crippen LogP contribution < -0.4 is 10.1 Å². The zero-order valence-electron chi connectivity index (χ0n) is 12.0. The van der Waals surface area contributed by atoms with Gasteiger partial charge in [-0.2, -0.15) is 0 Å². The van der Waals surface area contributed by atoms with Crippen molar-refractivity contribution in [2.24, 2.45) is 0 Å².